The number of hydrogen-bond acceptors (Lipinski definition) is 0. The van der Waals surface area contributed by atoms with E-state index in [1.54, 1.807) is 0 Å². The van der Waals surface area contributed by atoms with Gasteiger partial charge in [0.15, 0.2) is 0 Å². The molecule has 0 saturated carbocycles. The zero-order valence-electron chi connectivity index (χ0n) is 14.4. The normalized spacial score (nSPS) is 12.2. The Bertz CT molecular complexity index is 555. The summed E-state index contributed by atoms with van der Waals surface area (Å²) in [5.74, 6) is 0. The lowest BCUT2D eigenvalue weighted by Crippen LogP contribution is -1.93. The van der Waals surface area contributed by atoms with Gasteiger partial charge < -0.3 is 0 Å². The molecule has 0 aromatic heterocycles. The molecule has 116 valence electrons. The first-order valence-electron chi connectivity index (χ1n) is 8.64. The Morgan fingerprint density at radius 1 is 0.545 bits per heavy atom. The van der Waals surface area contributed by atoms with Gasteiger partial charge in [-0.2, -0.15) is 0 Å². The van der Waals surface area contributed by atoms with Gasteiger partial charge in [-0.25, -0.2) is 0 Å². The largest absolute Gasteiger partial charge is 0.0613 e. The first-order chi connectivity index (χ1) is 10.7. The van der Waals surface area contributed by atoms with Crippen LogP contribution in [0.25, 0.3) is 11.1 Å². The van der Waals surface area contributed by atoms with E-state index in [4.69, 9.17) is 0 Å². The standard InChI is InChI=1S/C22H28/c1-5-17-9-13-19(14-10-17)21(7-3)22(8-4)20-15-11-18(6-2)12-16-20/h9-16H,5-8H2,1-4H3/b22-21+. The molecule has 0 heterocycles. The van der Waals surface area contributed by atoms with Gasteiger partial charge >= 0.3 is 0 Å². The van der Waals surface area contributed by atoms with E-state index in [1.807, 2.05) is 0 Å². The van der Waals surface area contributed by atoms with Crippen LogP contribution in [0.15, 0.2) is 48.5 Å². The van der Waals surface area contributed by atoms with Gasteiger partial charge in [0.1, 0.15) is 0 Å². The van der Waals surface area contributed by atoms with Crippen LogP contribution < -0.4 is 0 Å². The molecule has 0 atom stereocenters. The third kappa shape index (κ3) is 3.68. The molecule has 0 aliphatic heterocycles. The molecule has 0 amide bonds. The molecule has 0 saturated heterocycles. The molecular weight excluding hydrogens is 264 g/mol. The van der Waals surface area contributed by atoms with Crippen molar-refractivity contribution in [2.24, 2.45) is 0 Å². The first kappa shape index (κ1) is 16.5. The number of aryl methyl sites for hydroxylation is 2. The van der Waals surface area contributed by atoms with Gasteiger partial charge in [0.05, 0.1) is 0 Å². The van der Waals surface area contributed by atoms with Crippen LogP contribution in [0.5, 0.6) is 0 Å². The summed E-state index contributed by atoms with van der Waals surface area (Å²) < 4.78 is 0. The lowest BCUT2D eigenvalue weighted by Gasteiger charge is -2.15. The molecule has 2 aromatic rings. The Balaban J connectivity index is 2.46. The highest BCUT2D eigenvalue weighted by Crippen LogP contribution is 2.31. The summed E-state index contributed by atoms with van der Waals surface area (Å²) in [6.45, 7) is 8.94. The fourth-order valence-electron chi connectivity index (χ4n) is 3.07. The average Bonchev–Trinajstić information content (AvgIpc) is 2.60. The minimum Gasteiger partial charge on any atom is -0.0613 e. The van der Waals surface area contributed by atoms with Crippen LogP contribution in [-0.4, -0.2) is 0 Å². The van der Waals surface area contributed by atoms with Gasteiger partial charge in [-0.1, -0.05) is 76.2 Å². The van der Waals surface area contributed by atoms with E-state index in [-0.39, 0.29) is 0 Å². The SMILES string of the molecule is CC/C(=C(/CC)c1ccc(CC)cc1)c1ccc(CC)cc1. The van der Waals surface area contributed by atoms with Gasteiger partial charge in [-0.3, -0.25) is 0 Å². The molecule has 0 spiro atoms. The molecule has 0 bridgehead atoms. The predicted molar refractivity (Wildman–Crippen MR) is 99.0 cm³/mol. The second-order valence-electron chi connectivity index (χ2n) is 5.77. The molecule has 0 heteroatoms. The molecule has 0 N–H and O–H groups in total. The summed E-state index contributed by atoms with van der Waals surface area (Å²) in [6.07, 6.45) is 4.35. The van der Waals surface area contributed by atoms with Crippen LogP contribution in [0.1, 0.15) is 62.8 Å². The van der Waals surface area contributed by atoms with Crippen molar-refractivity contribution in [2.75, 3.05) is 0 Å². The van der Waals surface area contributed by atoms with E-state index >= 15 is 0 Å². The van der Waals surface area contributed by atoms with Crippen molar-refractivity contribution in [3.63, 3.8) is 0 Å². The molecule has 22 heavy (non-hydrogen) atoms. The van der Waals surface area contributed by atoms with Crippen molar-refractivity contribution < 1.29 is 0 Å². The van der Waals surface area contributed by atoms with Gasteiger partial charge in [-0.05, 0) is 59.1 Å². The summed E-state index contributed by atoms with van der Waals surface area (Å²) in [4.78, 5) is 0. The highest BCUT2D eigenvalue weighted by molar-refractivity contribution is 5.90. The maximum atomic E-state index is 2.29. The lowest BCUT2D eigenvalue weighted by molar-refractivity contribution is 1.13. The van der Waals surface area contributed by atoms with E-state index in [2.05, 4.69) is 76.2 Å². The quantitative estimate of drug-likeness (QED) is 0.530. The topological polar surface area (TPSA) is 0 Å². The van der Waals surface area contributed by atoms with Gasteiger partial charge in [-0.15, -0.1) is 0 Å². The highest BCUT2D eigenvalue weighted by atomic mass is 14.1. The van der Waals surface area contributed by atoms with Gasteiger partial charge in [0, 0.05) is 0 Å². The molecule has 0 nitrogen and oxygen atoms in total. The van der Waals surface area contributed by atoms with Crippen molar-refractivity contribution in [2.45, 2.75) is 53.4 Å². The van der Waals surface area contributed by atoms with E-state index in [0.29, 0.717) is 0 Å². The van der Waals surface area contributed by atoms with Crippen molar-refractivity contribution in [3.8, 4) is 0 Å². The smallest absolute Gasteiger partial charge is 0.0221 e. The summed E-state index contributed by atoms with van der Waals surface area (Å²) in [6, 6.07) is 18.2. The summed E-state index contributed by atoms with van der Waals surface area (Å²) >= 11 is 0. The molecule has 0 fully saturated rings. The van der Waals surface area contributed by atoms with Crippen molar-refractivity contribution in [1.82, 2.24) is 0 Å². The maximum Gasteiger partial charge on any atom is -0.0221 e. The summed E-state index contributed by atoms with van der Waals surface area (Å²) in [5, 5.41) is 0. The molecule has 0 unspecified atom stereocenters. The number of hydrogen-bond donors (Lipinski definition) is 0. The van der Waals surface area contributed by atoms with Crippen LogP contribution in [-0.2, 0) is 12.8 Å². The molecule has 0 aliphatic rings. The van der Waals surface area contributed by atoms with E-state index in [1.165, 1.54) is 33.4 Å². The molecule has 2 rings (SSSR count). The minimum atomic E-state index is 1.07. The maximum absolute atomic E-state index is 2.29. The summed E-state index contributed by atoms with van der Waals surface area (Å²) in [7, 11) is 0. The Morgan fingerprint density at radius 2 is 0.864 bits per heavy atom. The van der Waals surface area contributed by atoms with Gasteiger partial charge in [0.2, 0.25) is 0 Å². The molecule has 2 aromatic carbocycles. The average molecular weight is 292 g/mol. The van der Waals surface area contributed by atoms with E-state index in [0.717, 1.165) is 25.7 Å². The Kier molecular flexibility index (Phi) is 6.00. The van der Waals surface area contributed by atoms with Crippen LogP contribution in [0, 0.1) is 0 Å². The number of allylic oxidation sites excluding steroid dienone is 2. The zero-order chi connectivity index (χ0) is 15.9. The minimum absolute atomic E-state index is 1.07. The molecule has 0 aliphatic carbocycles. The predicted octanol–water partition coefficient (Wildman–Crippen LogP) is 6.54. The lowest BCUT2D eigenvalue weighted by atomic mass is 9.90. The van der Waals surface area contributed by atoms with Crippen molar-refractivity contribution in [3.05, 3.63) is 70.8 Å². The fraction of sp³-hybridized carbons (Fsp3) is 0.364. The van der Waals surface area contributed by atoms with Crippen LogP contribution in [0.2, 0.25) is 0 Å². The highest BCUT2D eigenvalue weighted by Gasteiger charge is 2.09. The molecular formula is C22H28. The fourth-order valence-corrected chi connectivity index (χ4v) is 3.07. The van der Waals surface area contributed by atoms with Crippen molar-refractivity contribution in [1.29, 1.82) is 0 Å². The third-order valence-corrected chi connectivity index (χ3v) is 4.49. The van der Waals surface area contributed by atoms with Gasteiger partial charge in [0.25, 0.3) is 0 Å². The number of benzene rings is 2. The Hall–Kier alpha value is -1.82. The molecule has 0 radical (unpaired) electrons. The zero-order valence-corrected chi connectivity index (χ0v) is 14.4. The first-order valence-corrected chi connectivity index (χ1v) is 8.64. The number of rotatable bonds is 6. The van der Waals surface area contributed by atoms with E-state index < -0.39 is 0 Å². The van der Waals surface area contributed by atoms with Crippen molar-refractivity contribution >= 4 is 11.1 Å². The Labute approximate surface area is 135 Å². The Morgan fingerprint density at radius 3 is 1.09 bits per heavy atom. The monoisotopic (exact) mass is 292 g/mol. The van der Waals surface area contributed by atoms with Crippen LogP contribution in [0.3, 0.4) is 0 Å². The second-order valence-corrected chi connectivity index (χ2v) is 5.77. The van der Waals surface area contributed by atoms with Crippen LogP contribution >= 0.6 is 0 Å². The third-order valence-electron chi connectivity index (χ3n) is 4.49. The van der Waals surface area contributed by atoms with Crippen LogP contribution in [0.4, 0.5) is 0 Å². The van der Waals surface area contributed by atoms with E-state index in [9.17, 15) is 0 Å². The second kappa shape index (κ2) is 7.98. The summed E-state index contributed by atoms with van der Waals surface area (Å²) in [5.41, 5.74) is 8.52.